The summed E-state index contributed by atoms with van der Waals surface area (Å²) in [6.45, 7) is 17.5. The van der Waals surface area contributed by atoms with Gasteiger partial charge < -0.3 is 4.74 Å². The van der Waals surface area contributed by atoms with Crippen molar-refractivity contribution in [2.45, 2.75) is 83.3 Å². The van der Waals surface area contributed by atoms with E-state index >= 15 is 0 Å². The molecule has 1 rings (SSSR count). The maximum absolute atomic E-state index is 5.50. The number of ether oxygens (including phenoxy) is 1. The Labute approximate surface area is 112 Å². The summed E-state index contributed by atoms with van der Waals surface area (Å²) >= 11 is 2.14. The van der Waals surface area contributed by atoms with Gasteiger partial charge in [0.25, 0.3) is 0 Å². The van der Waals surface area contributed by atoms with Crippen LogP contribution in [-0.2, 0) is 4.74 Å². The fourth-order valence-electron chi connectivity index (χ4n) is 2.52. The van der Waals surface area contributed by atoms with Crippen LogP contribution >= 0.6 is 11.8 Å². The van der Waals surface area contributed by atoms with Crippen LogP contribution < -0.4 is 0 Å². The Morgan fingerprint density at radius 2 is 1.59 bits per heavy atom. The SMILES string of the molecule is CCC(C)(C)CC(C)(CC)SC(C)(C)C1CO1. The molecule has 0 aromatic rings. The van der Waals surface area contributed by atoms with E-state index in [2.05, 4.69) is 60.2 Å². The lowest BCUT2D eigenvalue weighted by Gasteiger charge is -2.41. The minimum Gasteiger partial charge on any atom is -0.372 e. The van der Waals surface area contributed by atoms with Gasteiger partial charge in [0.05, 0.1) is 12.7 Å². The molecule has 102 valence electrons. The molecule has 1 saturated heterocycles. The van der Waals surface area contributed by atoms with Gasteiger partial charge in [-0.05, 0) is 32.1 Å². The Hall–Kier alpha value is 0.310. The van der Waals surface area contributed by atoms with Crippen molar-refractivity contribution >= 4 is 11.8 Å². The maximum Gasteiger partial charge on any atom is 0.0950 e. The first-order valence-electron chi connectivity index (χ1n) is 6.96. The Morgan fingerprint density at radius 3 is 1.94 bits per heavy atom. The van der Waals surface area contributed by atoms with Crippen molar-refractivity contribution in [3.8, 4) is 0 Å². The van der Waals surface area contributed by atoms with Crippen molar-refractivity contribution in [3.05, 3.63) is 0 Å². The Bertz CT molecular complexity index is 256. The summed E-state index contributed by atoms with van der Waals surface area (Å²) in [5.41, 5.74) is 0.443. The fourth-order valence-corrected chi connectivity index (χ4v) is 4.67. The first kappa shape index (κ1) is 15.4. The topological polar surface area (TPSA) is 12.5 Å². The van der Waals surface area contributed by atoms with Gasteiger partial charge in [0.2, 0.25) is 0 Å². The number of rotatable bonds is 7. The molecule has 1 aliphatic rings. The highest BCUT2D eigenvalue weighted by Crippen LogP contribution is 2.49. The van der Waals surface area contributed by atoms with Crippen molar-refractivity contribution < 1.29 is 4.74 Å². The molecule has 17 heavy (non-hydrogen) atoms. The van der Waals surface area contributed by atoms with E-state index in [-0.39, 0.29) is 4.75 Å². The minimum atomic E-state index is 0.259. The van der Waals surface area contributed by atoms with Crippen molar-refractivity contribution in [3.63, 3.8) is 0 Å². The number of thioether (sulfide) groups is 1. The highest BCUT2D eigenvalue weighted by molar-refractivity contribution is 8.02. The van der Waals surface area contributed by atoms with Gasteiger partial charge in [0.15, 0.2) is 0 Å². The normalized spacial score (nSPS) is 24.5. The van der Waals surface area contributed by atoms with Crippen LogP contribution in [-0.4, -0.2) is 22.2 Å². The van der Waals surface area contributed by atoms with Gasteiger partial charge in [-0.3, -0.25) is 0 Å². The zero-order valence-corrected chi connectivity index (χ0v) is 13.5. The lowest BCUT2D eigenvalue weighted by atomic mass is 9.80. The molecule has 0 radical (unpaired) electrons. The Balaban J connectivity index is 2.67. The van der Waals surface area contributed by atoms with E-state index in [0.717, 1.165) is 6.61 Å². The monoisotopic (exact) mass is 258 g/mol. The molecular formula is C15H30OS. The summed E-state index contributed by atoms with van der Waals surface area (Å²) in [6.07, 6.45) is 4.25. The Kier molecular flexibility index (Phi) is 4.63. The van der Waals surface area contributed by atoms with Crippen molar-refractivity contribution in [2.75, 3.05) is 6.61 Å². The maximum atomic E-state index is 5.50. The summed E-state index contributed by atoms with van der Waals surface area (Å²) in [4.78, 5) is 0. The van der Waals surface area contributed by atoms with Gasteiger partial charge >= 0.3 is 0 Å². The third-order valence-corrected chi connectivity index (χ3v) is 5.89. The molecule has 0 aromatic carbocycles. The molecule has 0 amide bonds. The molecule has 1 aliphatic heterocycles. The number of hydrogen-bond donors (Lipinski definition) is 0. The minimum absolute atomic E-state index is 0.259. The second-order valence-electron chi connectivity index (χ2n) is 7.03. The molecule has 0 spiro atoms. The van der Waals surface area contributed by atoms with Crippen LogP contribution in [0.4, 0.5) is 0 Å². The number of epoxide rings is 1. The standard InChI is InChI=1S/C15H30OS/c1-8-13(3,4)11-15(7,9-2)17-14(5,6)12-10-16-12/h12H,8-11H2,1-7H3. The van der Waals surface area contributed by atoms with E-state index in [4.69, 9.17) is 4.74 Å². The molecular weight excluding hydrogens is 228 g/mol. The van der Waals surface area contributed by atoms with E-state index in [9.17, 15) is 0 Å². The largest absolute Gasteiger partial charge is 0.372 e. The highest BCUT2D eigenvalue weighted by atomic mass is 32.2. The predicted octanol–water partition coefficient (Wildman–Crippen LogP) is 4.89. The van der Waals surface area contributed by atoms with Crippen molar-refractivity contribution in [1.82, 2.24) is 0 Å². The van der Waals surface area contributed by atoms with Crippen LogP contribution in [0.5, 0.6) is 0 Å². The fraction of sp³-hybridized carbons (Fsp3) is 1.00. The van der Waals surface area contributed by atoms with Crippen LogP contribution in [0.3, 0.4) is 0 Å². The molecule has 0 N–H and O–H groups in total. The summed E-state index contributed by atoms with van der Waals surface area (Å²) < 4.78 is 6.13. The zero-order valence-electron chi connectivity index (χ0n) is 12.7. The second kappa shape index (κ2) is 5.13. The summed E-state index contributed by atoms with van der Waals surface area (Å²) in [7, 11) is 0. The highest BCUT2D eigenvalue weighted by Gasteiger charge is 2.45. The summed E-state index contributed by atoms with van der Waals surface area (Å²) in [5, 5.41) is 0. The van der Waals surface area contributed by atoms with E-state index in [0.29, 0.717) is 16.3 Å². The van der Waals surface area contributed by atoms with Crippen molar-refractivity contribution in [1.29, 1.82) is 0 Å². The molecule has 1 fully saturated rings. The molecule has 1 nitrogen and oxygen atoms in total. The molecule has 0 saturated carbocycles. The molecule has 0 aliphatic carbocycles. The van der Waals surface area contributed by atoms with Gasteiger partial charge in [-0.15, -0.1) is 11.8 Å². The van der Waals surface area contributed by atoms with Gasteiger partial charge in [-0.1, -0.05) is 41.0 Å². The van der Waals surface area contributed by atoms with Crippen LogP contribution in [0.15, 0.2) is 0 Å². The predicted molar refractivity (Wildman–Crippen MR) is 78.8 cm³/mol. The molecule has 0 aromatic heterocycles. The number of hydrogen-bond acceptors (Lipinski definition) is 2. The Morgan fingerprint density at radius 1 is 1.06 bits per heavy atom. The first-order chi connectivity index (χ1) is 7.64. The van der Waals surface area contributed by atoms with Crippen LogP contribution in [0.2, 0.25) is 0 Å². The van der Waals surface area contributed by atoms with Crippen LogP contribution in [0.25, 0.3) is 0 Å². The zero-order chi connectivity index (χ0) is 13.3. The van der Waals surface area contributed by atoms with E-state index in [1.807, 2.05) is 0 Å². The molecule has 2 atom stereocenters. The molecule has 1 heterocycles. The van der Waals surface area contributed by atoms with Gasteiger partial charge in [0.1, 0.15) is 0 Å². The van der Waals surface area contributed by atoms with E-state index in [1.54, 1.807) is 0 Å². The van der Waals surface area contributed by atoms with Crippen molar-refractivity contribution in [2.24, 2.45) is 5.41 Å². The van der Waals surface area contributed by atoms with Gasteiger partial charge in [0, 0.05) is 9.49 Å². The second-order valence-corrected chi connectivity index (χ2v) is 9.27. The van der Waals surface area contributed by atoms with Gasteiger partial charge in [-0.25, -0.2) is 0 Å². The van der Waals surface area contributed by atoms with E-state index in [1.165, 1.54) is 19.3 Å². The summed E-state index contributed by atoms with van der Waals surface area (Å²) in [5.74, 6) is 0. The third-order valence-electron chi connectivity index (χ3n) is 4.18. The molecule has 2 heteroatoms. The first-order valence-corrected chi connectivity index (χ1v) is 7.77. The lowest BCUT2D eigenvalue weighted by molar-refractivity contribution is 0.279. The van der Waals surface area contributed by atoms with Gasteiger partial charge in [-0.2, -0.15) is 0 Å². The van der Waals surface area contributed by atoms with Crippen LogP contribution in [0, 0.1) is 5.41 Å². The quantitative estimate of drug-likeness (QED) is 0.603. The van der Waals surface area contributed by atoms with E-state index < -0.39 is 0 Å². The average Bonchev–Trinajstić information content (AvgIpc) is 2.99. The molecule has 2 unspecified atom stereocenters. The van der Waals surface area contributed by atoms with Crippen LogP contribution in [0.1, 0.15) is 67.7 Å². The average molecular weight is 258 g/mol. The smallest absolute Gasteiger partial charge is 0.0950 e. The third kappa shape index (κ3) is 4.48. The molecule has 0 bridgehead atoms. The summed E-state index contributed by atoms with van der Waals surface area (Å²) in [6, 6.07) is 0. The lowest BCUT2D eigenvalue weighted by Crippen LogP contribution is -2.35.